The third-order valence-electron chi connectivity index (χ3n) is 10.0. The number of hydrogen-bond acceptors (Lipinski definition) is 3. The summed E-state index contributed by atoms with van der Waals surface area (Å²) in [7, 11) is -3.56. The molecule has 0 radical (unpaired) electrons. The van der Waals surface area contributed by atoms with Crippen molar-refractivity contribution in [3.8, 4) is 0 Å². The highest BCUT2D eigenvalue weighted by Gasteiger charge is 2.73. The number of aliphatic hydroxyl groups is 1. The Morgan fingerprint density at radius 2 is 1.34 bits per heavy atom. The van der Waals surface area contributed by atoms with Crippen LogP contribution in [0.15, 0.2) is 0 Å². The Morgan fingerprint density at radius 3 is 1.72 bits per heavy atom. The van der Waals surface area contributed by atoms with E-state index in [2.05, 4.69) is 13.8 Å². The van der Waals surface area contributed by atoms with Crippen LogP contribution in [0.3, 0.4) is 0 Å². The van der Waals surface area contributed by atoms with Gasteiger partial charge in [0.25, 0.3) is 0 Å². The second-order valence-electron chi connectivity index (χ2n) is 11.6. The van der Waals surface area contributed by atoms with E-state index in [1.54, 1.807) is 0 Å². The fourth-order valence-electron chi connectivity index (χ4n) is 8.26. The highest BCUT2D eigenvalue weighted by molar-refractivity contribution is 7.90. The predicted molar refractivity (Wildman–Crippen MR) is 118 cm³/mol. The van der Waals surface area contributed by atoms with Gasteiger partial charge in [-0.2, -0.15) is 4.31 Å². The summed E-state index contributed by atoms with van der Waals surface area (Å²) in [4.78, 5) is 0. The molecule has 4 rings (SSSR count). The van der Waals surface area contributed by atoms with Crippen LogP contribution in [0.1, 0.15) is 111 Å². The van der Waals surface area contributed by atoms with Gasteiger partial charge in [-0.3, -0.25) is 0 Å². The van der Waals surface area contributed by atoms with Crippen molar-refractivity contribution in [2.75, 3.05) is 0 Å². The lowest BCUT2D eigenvalue weighted by atomic mass is 9.61. The van der Waals surface area contributed by atoms with E-state index in [1.165, 1.54) is 12.8 Å². The lowest BCUT2D eigenvalue weighted by molar-refractivity contribution is -0.0324. The van der Waals surface area contributed by atoms with Crippen molar-refractivity contribution in [2.24, 2.45) is 16.7 Å². The molecular formula is C24H43NO3S. The van der Waals surface area contributed by atoms with E-state index in [1.807, 2.05) is 18.2 Å². The van der Waals surface area contributed by atoms with Crippen LogP contribution in [-0.2, 0) is 10.0 Å². The zero-order chi connectivity index (χ0) is 21.1. The number of rotatable bonds is 5. The summed E-state index contributed by atoms with van der Waals surface area (Å²) in [5, 5.41) is 11.2. The van der Waals surface area contributed by atoms with Gasteiger partial charge in [0.1, 0.15) is 0 Å². The number of nitrogens with zero attached hydrogens (tertiary/aromatic N) is 1. The maximum Gasteiger partial charge on any atom is 0.220 e. The van der Waals surface area contributed by atoms with Gasteiger partial charge in [-0.05, 0) is 70.1 Å². The number of hydrogen-bond donors (Lipinski definition) is 1. The van der Waals surface area contributed by atoms with Gasteiger partial charge in [-0.15, -0.1) is 0 Å². The first-order valence-corrected chi connectivity index (χ1v) is 13.7. The minimum Gasteiger partial charge on any atom is -0.392 e. The van der Waals surface area contributed by atoms with Gasteiger partial charge in [-0.25, -0.2) is 8.42 Å². The number of sulfonamides is 1. The largest absolute Gasteiger partial charge is 0.392 e. The molecule has 0 aromatic rings. The summed E-state index contributed by atoms with van der Waals surface area (Å²) in [6, 6.07) is 0.317. The second-order valence-corrected chi connectivity index (χ2v) is 14.0. The highest BCUT2D eigenvalue weighted by Crippen LogP contribution is 2.71. The molecule has 168 valence electrons. The van der Waals surface area contributed by atoms with Gasteiger partial charge in [0, 0.05) is 17.5 Å². The van der Waals surface area contributed by atoms with Crippen molar-refractivity contribution < 1.29 is 13.5 Å². The zero-order valence-corrected chi connectivity index (χ0v) is 19.9. The van der Waals surface area contributed by atoms with E-state index < -0.39 is 26.3 Å². The molecule has 1 N–H and O–H groups in total. The van der Waals surface area contributed by atoms with Gasteiger partial charge in [0.2, 0.25) is 10.0 Å². The number of fused-ring (bicyclic) bond motifs is 2. The maximum absolute atomic E-state index is 14.6. The zero-order valence-electron chi connectivity index (χ0n) is 19.1. The Labute approximate surface area is 178 Å². The molecule has 5 heteroatoms. The molecule has 2 bridgehead atoms. The van der Waals surface area contributed by atoms with Gasteiger partial charge in [-0.1, -0.05) is 52.4 Å². The van der Waals surface area contributed by atoms with Crippen LogP contribution < -0.4 is 0 Å². The normalized spacial score (nSPS) is 36.8. The molecule has 0 saturated heterocycles. The summed E-state index contributed by atoms with van der Waals surface area (Å²) in [5.74, 6) is 0.435. The summed E-state index contributed by atoms with van der Waals surface area (Å²) in [6.07, 6.45) is 13.2. The van der Waals surface area contributed by atoms with Gasteiger partial charge in [0.15, 0.2) is 0 Å². The molecule has 0 amide bonds. The van der Waals surface area contributed by atoms with Crippen molar-refractivity contribution in [1.29, 1.82) is 0 Å². The van der Waals surface area contributed by atoms with Crippen LogP contribution >= 0.6 is 0 Å². The molecule has 0 spiro atoms. The van der Waals surface area contributed by atoms with E-state index >= 15 is 0 Å². The Bertz CT molecular complexity index is 686. The fraction of sp³-hybridized carbons (Fsp3) is 1.00. The molecule has 3 atom stereocenters. The van der Waals surface area contributed by atoms with E-state index in [4.69, 9.17) is 0 Å². The monoisotopic (exact) mass is 425 g/mol. The first-order valence-electron chi connectivity index (χ1n) is 12.3. The molecule has 4 nitrogen and oxygen atoms in total. The van der Waals surface area contributed by atoms with E-state index in [-0.39, 0.29) is 17.5 Å². The molecular weight excluding hydrogens is 382 g/mol. The lowest BCUT2D eigenvalue weighted by Crippen LogP contribution is -2.64. The fourth-order valence-corrected chi connectivity index (χ4v) is 11.0. The lowest BCUT2D eigenvalue weighted by Gasteiger charge is -2.54. The van der Waals surface area contributed by atoms with Crippen LogP contribution in [0, 0.1) is 16.7 Å². The standard InChI is InChI=1S/C24H43NO3S/c1-22(2)18-15-16-24(22,21(26)17-18)23(3,4)29(27,28)25(19-11-7-5-8-12-19)20-13-9-6-10-14-20/h18-21,26H,5-17H2,1-4H3. The molecule has 0 aromatic heterocycles. The summed E-state index contributed by atoms with van der Waals surface area (Å²) in [6.45, 7) is 8.37. The molecule has 4 aliphatic carbocycles. The minimum absolute atomic E-state index is 0.145. The van der Waals surface area contributed by atoms with E-state index in [9.17, 15) is 13.5 Å². The summed E-state index contributed by atoms with van der Waals surface area (Å²) >= 11 is 0. The van der Waals surface area contributed by atoms with Gasteiger partial charge >= 0.3 is 0 Å². The first kappa shape index (κ1) is 22.1. The van der Waals surface area contributed by atoms with E-state index in [0.717, 1.165) is 70.6 Å². The smallest absolute Gasteiger partial charge is 0.220 e. The first-order chi connectivity index (χ1) is 13.6. The molecule has 4 aliphatic rings. The Balaban J connectivity index is 1.77. The molecule has 3 unspecified atom stereocenters. The van der Waals surface area contributed by atoms with Crippen molar-refractivity contribution in [1.82, 2.24) is 4.31 Å². The average molecular weight is 426 g/mol. The maximum atomic E-state index is 14.6. The van der Waals surface area contributed by atoms with Crippen LogP contribution in [0.25, 0.3) is 0 Å². The highest BCUT2D eigenvalue weighted by atomic mass is 32.2. The Hall–Kier alpha value is -0.130. The van der Waals surface area contributed by atoms with Crippen LogP contribution in [0.4, 0.5) is 0 Å². The van der Waals surface area contributed by atoms with Crippen LogP contribution in [0.2, 0.25) is 0 Å². The van der Waals surface area contributed by atoms with Gasteiger partial charge in [0.05, 0.1) is 10.9 Å². The van der Waals surface area contributed by atoms with Crippen molar-refractivity contribution in [3.05, 3.63) is 0 Å². The third kappa shape index (κ3) is 3.00. The molecule has 29 heavy (non-hydrogen) atoms. The quantitative estimate of drug-likeness (QED) is 0.654. The summed E-state index contributed by atoms with van der Waals surface area (Å²) in [5.41, 5.74) is -0.696. The van der Waals surface area contributed by atoms with Crippen molar-refractivity contribution in [2.45, 2.75) is 134 Å². The summed E-state index contributed by atoms with van der Waals surface area (Å²) < 4.78 is 30.2. The third-order valence-corrected chi connectivity index (χ3v) is 12.8. The van der Waals surface area contributed by atoms with Crippen LogP contribution in [0.5, 0.6) is 0 Å². The van der Waals surface area contributed by atoms with Gasteiger partial charge < -0.3 is 5.11 Å². The molecule has 4 saturated carbocycles. The van der Waals surface area contributed by atoms with Crippen LogP contribution in [-0.4, -0.2) is 40.8 Å². The second kappa shape index (κ2) is 7.48. The van der Waals surface area contributed by atoms with Crippen molar-refractivity contribution >= 4 is 10.0 Å². The average Bonchev–Trinajstić information content (AvgIpc) is 3.06. The molecule has 0 heterocycles. The number of aliphatic hydroxyl groups excluding tert-OH is 1. The molecule has 0 aliphatic heterocycles. The Kier molecular flexibility index (Phi) is 5.69. The topological polar surface area (TPSA) is 57.6 Å². The molecule has 0 aromatic carbocycles. The van der Waals surface area contributed by atoms with Crippen molar-refractivity contribution in [3.63, 3.8) is 0 Å². The SMILES string of the molecule is CC1(C)C2CCC1(C(C)(C)S(=O)(=O)N(C1CCCCC1)C1CCCCC1)C(O)C2. The minimum atomic E-state index is -3.56. The molecule has 4 fully saturated rings. The van der Waals surface area contributed by atoms with E-state index in [0.29, 0.717) is 5.92 Å². The predicted octanol–water partition coefficient (Wildman–Crippen LogP) is 5.25. The Morgan fingerprint density at radius 1 is 0.862 bits per heavy atom.